The van der Waals surface area contributed by atoms with Crippen molar-refractivity contribution in [1.82, 2.24) is 9.97 Å². The van der Waals surface area contributed by atoms with Crippen LogP contribution in [0.5, 0.6) is 5.75 Å². The van der Waals surface area contributed by atoms with Gasteiger partial charge in [0.15, 0.2) is 0 Å². The standard InChI is InChI=1S/C16H20N4O/c1-12-10-15(20-8-3-4-9-20)19-16(17-12)18-13-6-5-7-14(11-13)21-2/h5-7,10-11H,3-4,8-9H2,1-2H3,(H,17,18,19). The van der Waals surface area contributed by atoms with Gasteiger partial charge in [-0.2, -0.15) is 4.98 Å². The summed E-state index contributed by atoms with van der Waals surface area (Å²) in [5.41, 5.74) is 1.89. The number of rotatable bonds is 4. The molecule has 1 aliphatic heterocycles. The summed E-state index contributed by atoms with van der Waals surface area (Å²) in [5, 5.41) is 3.25. The first-order chi connectivity index (χ1) is 10.2. The highest BCUT2D eigenvalue weighted by atomic mass is 16.5. The molecule has 0 bridgehead atoms. The van der Waals surface area contributed by atoms with Crippen molar-refractivity contribution in [2.24, 2.45) is 0 Å². The molecule has 1 saturated heterocycles. The quantitative estimate of drug-likeness (QED) is 0.934. The fraction of sp³-hybridized carbons (Fsp3) is 0.375. The molecular weight excluding hydrogens is 264 g/mol. The number of hydrogen-bond acceptors (Lipinski definition) is 5. The Morgan fingerprint density at radius 2 is 1.95 bits per heavy atom. The Morgan fingerprint density at radius 1 is 1.14 bits per heavy atom. The summed E-state index contributed by atoms with van der Waals surface area (Å²) < 4.78 is 5.23. The predicted octanol–water partition coefficient (Wildman–Crippen LogP) is 3.14. The Balaban J connectivity index is 1.84. The van der Waals surface area contributed by atoms with Crippen LogP contribution < -0.4 is 15.0 Å². The van der Waals surface area contributed by atoms with E-state index >= 15 is 0 Å². The topological polar surface area (TPSA) is 50.3 Å². The fourth-order valence-electron chi connectivity index (χ4n) is 2.55. The minimum Gasteiger partial charge on any atom is -0.497 e. The first kappa shape index (κ1) is 13.7. The number of hydrogen-bond donors (Lipinski definition) is 1. The van der Waals surface area contributed by atoms with Gasteiger partial charge in [-0.3, -0.25) is 0 Å². The van der Waals surface area contributed by atoms with Gasteiger partial charge in [0, 0.05) is 36.6 Å². The molecule has 21 heavy (non-hydrogen) atoms. The summed E-state index contributed by atoms with van der Waals surface area (Å²) in [6.07, 6.45) is 2.48. The van der Waals surface area contributed by atoms with Crippen LogP contribution >= 0.6 is 0 Å². The molecule has 0 amide bonds. The van der Waals surface area contributed by atoms with Gasteiger partial charge in [-0.15, -0.1) is 0 Å². The van der Waals surface area contributed by atoms with Gasteiger partial charge in [0.05, 0.1) is 7.11 Å². The lowest BCUT2D eigenvalue weighted by Crippen LogP contribution is -2.19. The molecule has 0 atom stereocenters. The average Bonchev–Trinajstić information content (AvgIpc) is 3.01. The number of aromatic nitrogens is 2. The zero-order chi connectivity index (χ0) is 14.7. The highest BCUT2D eigenvalue weighted by Gasteiger charge is 2.15. The van der Waals surface area contributed by atoms with Gasteiger partial charge >= 0.3 is 0 Å². The van der Waals surface area contributed by atoms with Crippen molar-refractivity contribution in [2.45, 2.75) is 19.8 Å². The van der Waals surface area contributed by atoms with Crippen molar-refractivity contribution in [3.63, 3.8) is 0 Å². The molecule has 0 saturated carbocycles. The van der Waals surface area contributed by atoms with Crippen LogP contribution in [0.15, 0.2) is 30.3 Å². The van der Waals surface area contributed by atoms with Crippen LogP contribution in [-0.4, -0.2) is 30.2 Å². The monoisotopic (exact) mass is 284 g/mol. The Hall–Kier alpha value is -2.30. The molecule has 2 heterocycles. The highest BCUT2D eigenvalue weighted by molar-refractivity contribution is 5.57. The van der Waals surface area contributed by atoms with Crippen LogP contribution in [0.25, 0.3) is 0 Å². The van der Waals surface area contributed by atoms with Crippen molar-refractivity contribution >= 4 is 17.5 Å². The minimum absolute atomic E-state index is 0.630. The Bertz CT molecular complexity index is 623. The molecule has 1 aliphatic rings. The molecule has 0 radical (unpaired) electrons. The van der Waals surface area contributed by atoms with Gasteiger partial charge in [-0.05, 0) is 31.9 Å². The molecule has 0 unspecified atom stereocenters. The second-order valence-corrected chi connectivity index (χ2v) is 5.24. The molecule has 0 aliphatic carbocycles. The third-order valence-corrected chi connectivity index (χ3v) is 3.60. The van der Waals surface area contributed by atoms with Gasteiger partial charge in [-0.1, -0.05) is 6.07 Å². The van der Waals surface area contributed by atoms with Crippen molar-refractivity contribution in [1.29, 1.82) is 0 Å². The number of benzene rings is 1. The molecule has 5 heteroatoms. The van der Waals surface area contributed by atoms with Gasteiger partial charge < -0.3 is 15.0 Å². The summed E-state index contributed by atoms with van der Waals surface area (Å²) in [5.74, 6) is 2.45. The lowest BCUT2D eigenvalue weighted by Gasteiger charge is -2.17. The number of nitrogens with one attached hydrogen (secondary N) is 1. The van der Waals surface area contributed by atoms with E-state index in [4.69, 9.17) is 4.74 Å². The lowest BCUT2D eigenvalue weighted by molar-refractivity contribution is 0.415. The molecule has 1 aromatic carbocycles. The van der Waals surface area contributed by atoms with Crippen molar-refractivity contribution in [3.05, 3.63) is 36.0 Å². The number of anilines is 3. The Kier molecular flexibility index (Phi) is 3.90. The molecule has 2 aromatic rings. The lowest BCUT2D eigenvalue weighted by atomic mass is 10.3. The van der Waals surface area contributed by atoms with Crippen molar-refractivity contribution < 1.29 is 4.74 Å². The number of aryl methyl sites for hydroxylation is 1. The maximum absolute atomic E-state index is 5.23. The molecule has 5 nitrogen and oxygen atoms in total. The van der Waals surface area contributed by atoms with Crippen LogP contribution in [0.3, 0.4) is 0 Å². The molecule has 1 fully saturated rings. The first-order valence-corrected chi connectivity index (χ1v) is 7.26. The Labute approximate surface area is 125 Å². The maximum Gasteiger partial charge on any atom is 0.229 e. The summed E-state index contributed by atoms with van der Waals surface area (Å²) in [6, 6.07) is 9.81. The SMILES string of the molecule is COc1cccc(Nc2nc(C)cc(N3CCCC3)n2)c1. The highest BCUT2D eigenvalue weighted by Crippen LogP contribution is 2.23. The molecule has 1 aromatic heterocycles. The van der Waals surface area contributed by atoms with Gasteiger partial charge in [0.25, 0.3) is 0 Å². The van der Waals surface area contributed by atoms with Crippen LogP contribution in [0, 0.1) is 6.92 Å². The zero-order valence-corrected chi connectivity index (χ0v) is 12.5. The van der Waals surface area contributed by atoms with E-state index in [1.54, 1.807) is 7.11 Å². The van der Waals surface area contributed by atoms with Crippen LogP contribution in [0.2, 0.25) is 0 Å². The van der Waals surface area contributed by atoms with Crippen molar-refractivity contribution in [2.75, 3.05) is 30.4 Å². The number of nitrogens with zero attached hydrogens (tertiary/aromatic N) is 3. The van der Waals surface area contributed by atoms with E-state index in [1.165, 1.54) is 12.8 Å². The number of ether oxygens (including phenoxy) is 1. The predicted molar refractivity (Wildman–Crippen MR) is 84.5 cm³/mol. The smallest absolute Gasteiger partial charge is 0.229 e. The third-order valence-electron chi connectivity index (χ3n) is 3.60. The maximum atomic E-state index is 5.23. The molecule has 110 valence electrons. The summed E-state index contributed by atoms with van der Waals surface area (Å²) in [4.78, 5) is 11.4. The van der Waals surface area contributed by atoms with Gasteiger partial charge in [-0.25, -0.2) is 4.98 Å². The van der Waals surface area contributed by atoms with E-state index in [0.29, 0.717) is 5.95 Å². The van der Waals surface area contributed by atoms with Crippen LogP contribution in [0.1, 0.15) is 18.5 Å². The van der Waals surface area contributed by atoms with E-state index in [0.717, 1.165) is 36.0 Å². The van der Waals surface area contributed by atoms with Gasteiger partial charge in [0.2, 0.25) is 5.95 Å². The normalized spacial score (nSPS) is 14.3. The van der Waals surface area contributed by atoms with Crippen LogP contribution in [0.4, 0.5) is 17.5 Å². The fourth-order valence-corrected chi connectivity index (χ4v) is 2.55. The molecule has 3 rings (SSSR count). The van der Waals surface area contributed by atoms with Gasteiger partial charge in [0.1, 0.15) is 11.6 Å². The molecule has 1 N–H and O–H groups in total. The van der Waals surface area contributed by atoms with Crippen LogP contribution in [-0.2, 0) is 0 Å². The molecule has 0 spiro atoms. The first-order valence-electron chi connectivity index (χ1n) is 7.26. The zero-order valence-electron chi connectivity index (χ0n) is 12.5. The minimum atomic E-state index is 0.630. The largest absolute Gasteiger partial charge is 0.497 e. The third kappa shape index (κ3) is 3.24. The van der Waals surface area contributed by atoms with Crippen molar-refractivity contribution in [3.8, 4) is 5.75 Å². The Morgan fingerprint density at radius 3 is 2.71 bits per heavy atom. The summed E-state index contributed by atoms with van der Waals surface area (Å²) in [7, 11) is 1.66. The van der Waals surface area contributed by atoms with E-state index in [-0.39, 0.29) is 0 Å². The summed E-state index contributed by atoms with van der Waals surface area (Å²) in [6.45, 7) is 4.15. The summed E-state index contributed by atoms with van der Waals surface area (Å²) >= 11 is 0. The second kappa shape index (κ2) is 5.99. The average molecular weight is 284 g/mol. The van der Waals surface area contributed by atoms with E-state index in [2.05, 4.69) is 20.2 Å². The van der Waals surface area contributed by atoms with E-state index in [9.17, 15) is 0 Å². The molecular formula is C16H20N4O. The van der Waals surface area contributed by atoms with E-state index < -0.39 is 0 Å². The second-order valence-electron chi connectivity index (χ2n) is 5.24. The number of methoxy groups -OCH3 is 1. The van der Waals surface area contributed by atoms with E-state index in [1.807, 2.05) is 37.3 Å².